The number of benzene rings is 3. The van der Waals surface area contributed by atoms with Crippen LogP contribution in [0.4, 0.5) is 0 Å². The second-order valence-electron chi connectivity index (χ2n) is 16.9. The molecule has 0 aliphatic carbocycles. The third-order valence-corrected chi connectivity index (χ3v) is 15.3. The molecule has 312 valence electrons. The molecule has 12 rings (SSSR count). The van der Waals surface area contributed by atoms with Crippen molar-refractivity contribution in [1.82, 2.24) is 20.1 Å². The van der Waals surface area contributed by atoms with Gasteiger partial charge in [-0.2, -0.15) is 0 Å². The van der Waals surface area contributed by atoms with Gasteiger partial charge >= 0.3 is 11.9 Å². The van der Waals surface area contributed by atoms with Crippen molar-refractivity contribution in [2.75, 3.05) is 53.1 Å². The van der Waals surface area contributed by atoms with Gasteiger partial charge in [0.05, 0.1) is 43.9 Å². The van der Waals surface area contributed by atoms with Crippen LogP contribution in [-0.2, 0) is 31.8 Å². The highest BCUT2D eigenvalue weighted by Crippen LogP contribution is 2.66. The molecule has 4 aromatic rings. The molecule has 2 saturated heterocycles. The van der Waals surface area contributed by atoms with Crippen LogP contribution in [0.1, 0.15) is 89.2 Å². The van der Waals surface area contributed by atoms with Gasteiger partial charge in [-0.25, -0.2) is 4.79 Å². The molecule has 4 bridgehead atoms. The van der Waals surface area contributed by atoms with E-state index in [0.717, 1.165) is 57.2 Å². The number of aromatic hydroxyl groups is 1. The fourth-order valence-corrected chi connectivity index (χ4v) is 13.1. The van der Waals surface area contributed by atoms with E-state index in [1.807, 2.05) is 32.0 Å². The standard InChI is InChI=1S/C44H50N4O10S/c1-8-48-24-14-43(48,5)28-11-20(2)36(54-7)35(51)31(28)34-40-33-32(39-38(56-19-57-39)21(3)37(33)58-22(4)50)30(47(34)15-24)17-55-42(52)44(18-59-40)41-27(12-23(16-49)46-44)26-13-25(53-6)9-10-29(26)45-41/h9-11,13,23-24,30,34,40,45-46,49,51H,8,12,14-19H2,1-7H3/t23-,24+,30+,34?,40-,43-,44-/m1/s1. The lowest BCUT2D eigenvalue weighted by molar-refractivity contribution is -0.156. The number of carbonyl (C=O) groups excluding carboxylic acids is 2. The van der Waals surface area contributed by atoms with E-state index >= 15 is 4.79 Å². The van der Waals surface area contributed by atoms with Crippen molar-refractivity contribution in [2.24, 2.45) is 0 Å². The van der Waals surface area contributed by atoms with Crippen LogP contribution in [0.25, 0.3) is 10.9 Å². The molecule has 8 aliphatic heterocycles. The van der Waals surface area contributed by atoms with Crippen molar-refractivity contribution in [3.05, 3.63) is 68.9 Å². The number of phenols is 1. The summed E-state index contributed by atoms with van der Waals surface area (Å²) in [5.74, 6) is 1.71. The van der Waals surface area contributed by atoms with Gasteiger partial charge < -0.3 is 43.6 Å². The number of phenolic OH excluding ortho intramolecular Hbond substituents is 1. The summed E-state index contributed by atoms with van der Waals surface area (Å²) in [5, 5.41) is 27.3. The summed E-state index contributed by atoms with van der Waals surface area (Å²) in [5.41, 5.74) is 5.26. The first-order valence-electron chi connectivity index (χ1n) is 20.3. The van der Waals surface area contributed by atoms with Crippen molar-refractivity contribution >= 4 is 34.6 Å². The van der Waals surface area contributed by atoms with Gasteiger partial charge in [0, 0.05) is 70.0 Å². The van der Waals surface area contributed by atoms with Crippen LogP contribution in [0, 0.1) is 13.8 Å². The summed E-state index contributed by atoms with van der Waals surface area (Å²) in [4.78, 5) is 36.7. The van der Waals surface area contributed by atoms with Gasteiger partial charge in [-0.1, -0.05) is 6.92 Å². The SMILES string of the molecule is CCN1[C@@H]2CN3C(c4c(cc(C)c(OC)c4O)[C@@]1(C)C2)[C@@H]1SC[C@]2(N[C@@H](CO)Cc4c2[nH]c2ccc(OC)cc42)C(=O)OC[C@H]3c2c3c(c(C)c(OC(C)=O)c21)OCO3. The highest BCUT2D eigenvalue weighted by atomic mass is 32.2. The predicted octanol–water partition coefficient (Wildman–Crippen LogP) is 5.32. The highest BCUT2D eigenvalue weighted by Gasteiger charge is 2.60. The Labute approximate surface area is 346 Å². The van der Waals surface area contributed by atoms with Gasteiger partial charge in [0.15, 0.2) is 28.5 Å². The van der Waals surface area contributed by atoms with Crippen molar-refractivity contribution in [3.8, 4) is 34.5 Å². The second kappa shape index (κ2) is 13.7. The molecule has 3 aromatic carbocycles. The number of rotatable bonds is 5. The molecular weight excluding hydrogens is 777 g/mol. The molecule has 4 N–H and O–H groups in total. The molecule has 2 fully saturated rings. The van der Waals surface area contributed by atoms with E-state index in [2.05, 4.69) is 40.0 Å². The number of ether oxygens (including phenoxy) is 6. The van der Waals surface area contributed by atoms with E-state index in [9.17, 15) is 15.0 Å². The number of aryl methyl sites for hydroxylation is 1. The number of methoxy groups -OCH3 is 2. The fourth-order valence-electron chi connectivity index (χ4n) is 11.4. The number of aliphatic hydroxyl groups excluding tert-OH is 1. The smallest absolute Gasteiger partial charge is 0.333 e. The monoisotopic (exact) mass is 826 g/mol. The lowest BCUT2D eigenvalue weighted by atomic mass is 9.67. The molecule has 2 unspecified atom stereocenters. The van der Waals surface area contributed by atoms with E-state index < -0.39 is 40.9 Å². The minimum Gasteiger partial charge on any atom is -0.504 e. The molecule has 59 heavy (non-hydrogen) atoms. The third-order valence-electron chi connectivity index (χ3n) is 13.9. The van der Waals surface area contributed by atoms with Gasteiger partial charge in [0.1, 0.15) is 18.1 Å². The van der Waals surface area contributed by atoms with E-state index in [1.165, 1.54) is 18.7 Å². The number of thioether (sulfide) groups is 1. The van der Waals surface area contributed by atoms with Gasteiger partial charge in [0.2, 0.25) is 6.79 Å². The van der Waals surface area contributed by atoms with Crippen LogP contribution >= 0.6 is 11.8 Å². The normalized spacial score (nSPS) is 30.3. The number of hydrogen-bond acceptors (Lipinski definition) is 14. The summed E-state index contributed by atoms with van der Waals surface area (Å²) >= 11 is 1.53. The number of nitrogens with zero attached hydrogens (tertiary/aromatic N) is 2. The molecule has 0 amide bonds. The van der Waals surface area contributed by atoms with Crippen molar-refractivity contribution in [3.63, 3.8) is 0 Å². The lowest BCUT2D eigenvalue weighted by Gasteiger charge is -2.63. The van der Waals surface area contributed by atoms with Crippen LogP contribution in [0.3, 0.4) is 0 Å². The number of hydrogen-bond donors (Lipinski definition) is 4. The minimum atomic E-state index is -1.43. The Kier molecular flexibility index (Phi) is 8.93. The summed E-state index contributed by atoms with van der Waals surface area (Å²) in [6.45, 7) is 10.7. The maximum Gasteiger partial charge on any atom is 0.333 e. The molecule has 1 aromatic heterocycles. The van der Waals surface area contributed by atoms with Crippen molar-refractivity contribution in [2.45, 2.75) is 88.0 Å². The Bertz CT molecular complexity index is 2450. The first-order chi connectivity index (χ1) is 28.4. The lowest BCUT2D eigenvalue weighted by Crippen LogP contribution is -2.67. The molecule has 8 atom stereocenters. The van der Waals surface area contributed by atoms with Gasteiger partial charge in [-0.3, -0.25) is 19.9 Å². The first kappa shape index (κ1) is 38.5. The molecule has 14 nitrogen and oxygen atoms in total. The number of esters is 2. The Hall–Kier alpha value is -4.67. The quantitative estimate of drug-likeness (QED) is 0.151. The Morgan fingerprint density at radius 1 is 1.07 bits per heavy atom. The Balaban J connectivity index is 1.26. The summed E-state index contributed by atoms with van der Waals surface area (Å²) in [6.07, 6.45) is 1.32. The fraction of sp³-hybridized carbons (Fsp3) is 0.500. The third kappa shape index (κ3) is 5.27. The molecule has 0 radical (unpaired) electrons. The Morgan fingerprint density at radius 3 is 2.59 bits per heavy atom. The minimum absolute atomic E-state index is 0.0197. The van der Waals surface area contributed by atoms with E-state index in [4.69, 9.17) is 28.4 Å². The number of aromatic amines is 1. The number of likely N-dealkylation sites (N-methyl/N-ethyl adjacent to an activating group) is 1. The zero-order chi connectivity index (χ0) is 41.3. The first-order valence-corrected chi connectivity index (χ1v) is 21.4. The molecule has 8 aliphatic rings. The second-order valence-corrected chi connectivity index (χ2v) is 18.0. The van der Waals surface area contributed by atoms with Crippen molar-refractivity contribution in [1.29, 1.82) is 0 Å². The van der Waals surface area contributed by atoms with Crippen LogP contribution in [0.5, 0.6) is 34.5 Å². The van der Waals surface area contributed by atoms with Gasteiger partial charge in [0.25, 0.3) is 0 Å². The largest absolute Gasteiger partial charge is 0.504 e. The van der Waals surface area contributed by atoms with Crippen LogP contribution in [0.15, 0.2) is 24.3 Å². The molecule has 15 heteroatoms. The van der Waals surface area contributed by atoms with E-state index in [1.54, 1.807) is 14.2 Å². The summed E-state index contributed by atoms with van der Waals surface area (Å²) in [7, 11) is 3.19. The zero-order valence-corrected chi connectivity index (χ0v) is 35.1. The summed E-state index contributed by atoms with van der Waals surface area (Å²) in [6, 6.07) is 6.48. The van der Waals surface area contributed by atoms with Crippen LogP contribution < -0.4 is 29.0 Å². The highest BCUT2D eigenvalue weighted by molar-refractivity contribution is 7.99. The van der Waals surface area contributed by atoms with E-state index in [-0.39, 0.29) is 43.1 Å². The maximum absolute atomic E-state index is 15.2. The number of aromatic nitrogens is 1. The van der Waals surface area contributed by atoms with Gasteiger partial charge in [-0.05, 0) is 81.1 Å². The van der Waals surface area contributed by atoms with Gasteiger partial charge in [-0.15, -0.1) is 11.8 Å². The number of aliphatic hydroxyl groups is 1. The average molecular weight is 827 g/mol. The topological polar surface area (TPSA) is 164 Å². The molecule has 9 heterocycles. The molecule has 0 saturated carbocycles. The number of carbonyl (C=O) groups is 2. The van der Waals surface area contributed by atoms with E-state index in [0.29, 0.717) is 53.0 Å². The maximum atomic E-state index is 15.2. The number of nitrogens with one attached hydrogen (secondary N) is 2. The summed E-state index contributed by atoms with van der Waals surface area (Å²) < 4.78 is 36.8. The average Bonchev–Trinajstić information content (AvgIpc) is 3.85. The van der Waals surface area contributed by atoms with Crippen molar-refractivity contribution < 1.29 is 48.2 Å². The number of H-pyrrole nitrogens is 1. The van der Waals surface area contributed by atoms with Crippen LogP contribution in [0.2, 0.25) is 0 Å². The zero-order valence-electron chi connectivity index (χ0n) is 34.3. The molecule has 1 spiro atoms. The molecular formula is C44H50N4O10S. The predicted molar refractivity (Wildman–Crippen MR) is 219 cm³/mol. The Morgan fingerprint density at radius 2 is 1.86 bits per heavy atom. The number of fused-ring (bicyclic) bond motifs is 7. The van der Waals surface area contributed by atoms with Crippen LogP contribution in [-0.4, -0.2) is 102 Å².